The SMILES string of the molecule is O=C(Nc1ccsc1C(=O)O)c1ccc(F)cc1Cl. The summed E-state index contributed by atoms with van der Waals surface area (Å²) in [4.78, 5) is 22.8. The highest BCUT2D eigenvalue weighted by Crippen LogP contribution is 2.24. The van der Waals surface area contributed by atoms with Crippen LogP contribution in [0.15, 0.2) is 29.6 Å². The summed E-state index contributed by atoms with van der Waals surface area (Å²) < 4.78 is 12.9. The number of rotatable bonds is 3. The van der Waals surface area contributed by atoms with Crippen molar-refractivity contribution in [2.24, 2.45) is 0 Å². The number of thiophene rings is 1. The maximum atomic E-state index is 12.9. The summed E-state index contributed by atoms with van der Waals surface area (Å²) in [5.74, 6) is -2.27. The number of carboxylic acids is 1. The van der Waals surface area contributed by atoms with Crippen molar-refractivity contribution in [3.8, 4) is 0 Å². The summed E-state index contributed by atoms with van der Waals surface area (Å²) >= 11 is 6.75. The van der Waals surface area contributed by atoms with Crippen molar-refractivity contribution in [3.63, 3.8) is 0 Å². The van der Waals surface area contributed by atoms with Gasteiger partial charge >= 0.3 is 5.97 Å². The second-order valence-electron chi connectivity index (χ2n) is 3.55. The minimum atomic E-state index is -1.13. The molecule has 2 aromatic rings. The Morgan fingerprint density at radius 3 is 2.68 bits per heavy atom. The largest absolute Gasteiger partial charge is 0.477 e. The number of benzene rings is 1. The Bertz CT molecular complexity index is 656. The van der Waals surface area contributed by atoms with Gasteiger partial charge in [-0.05, 0) is 29.6 Å². The number of amides is 1. The predicted octanol–water partition coefficient (Wildman–Crippen LogP) is 3.49. The Morgan fingerprint density at radius 1 is 1.32 bits per heavy atom. The van der Waals surface area contributed by atoms with Gasteiger partial charge in [-0.15, -0.1) is 11.3 Å². The molecule has 0 saturated heterocycles. The molecule has 1 aromatic heterocycles. The van der Waals surface area contributed by atoms with E-state index in [1.165, 1.54) is 12.1 Å². The van der Waals surface area contributed by atoms with Crippen LogP contribution in [0.4, 0.5) is 10.1 Å². The van der Waals surface area contributed by atoms with Crippen LogP contribution in [0.25, 0.3) is 0 Å². The van der Waals surface area contributed by atoms with Crippen LogP contribution in [0.1, 0.15) is 20.0 Å². The lowest BCUT2D eigenvalue weighted by Crippen LogP contribution is -2.14. The molecule has 1 heterocycles. The van der Waals surface area contributed by atoms with Crippen molar-refractivity contribution in [2.45, 2.75) is 0 Å². The maximum absolute atomic E-state index is 12.9. The standard InChI is InChI=1S/C12H7ClFNO3S/c13-8-5-6(14)1-2-7(8)11(16)15-9-3-4-19-10(9)12(17)18/h1-5H,(H,15,16)(H,17,18). The predicted molar refractivity (Wildman–Crippen MR) is 70.6 cm³/mol. The molecule has 0 aliphatic rings. The van der Waals surface area contributed by atoms with E-state index in [1.54, 1.807) is 5.38 Å². The van der Waals surface area contributed by atoms with Crippen LogP contribution in [0.3, 0.4) is 0 Å². The lowest BCUT2D eigenvalue weighted by Gasteiger charge is -2.06. The number of hydrogen-bond donors (Lipinski definition) is 2. The molecule has 98 valence electrons. The summed E-state index contributed by atoms with van der Waals surface area (Å²) in [6, 6.07) is 4.83. The Labute approximate surface area is 116 Å². The smallest absolute Gasteiger partial charge is 0.348 e. The van der Waals surface area contributed by atoms with E-state index in [1.807, 2.05) is 0 Å². The molecule has 0 aliphatic heterocycles. The summed E-state index contributed by atoms with van der Waals surface area (Å²) in [5.41, 5.74) is 0.258. The van der Waals surface area contributed by atoms with E-state index in [0.29, 0.717) is 0 Å². The Hall–Kier alpha value is -1.92. The van der Waals surface area contributed by atoms with E-state index in [4.69, 9.17) is 16.7 Å². The third kappa shape index (κ3) is 2.91. The molecule has 0 fully saturated rings. The molecular weight excluding hydrogens is 293 g/mol. The monoisotopic (exact) mass is 299 g/mol. The third-order valence-corrected chi connectivity index (χ3v) is 3.50. The quantitative estimate of drug-likeness (QED) is 0.911. The van der Waals surface area contributed by atoms with E-state index in [2.05, 4.69) is 5.32 Å². The molecule has 1 aromatic carbocycles. The van der Waals surface area contributed by atoms with Crippen molar-refractivity contribution < 1.29 is 19.1 Å². The molecular formula is C12H7ClFNO3S. The topological polar surface area (TPSA) is 66.4 Å². The Kier molecular flexibility index (Phi) is 3.82. The average Bonchev–Trinajstić information content (AvgIpc) is 2.76. The summed E-state index contributed by atoms with van der Waals surface area (Å²) in [6.07, 6.45) is 0. The van der Waals surface area contributed by atoms with Gasteiger partial charge < -0.3 is 10.4 Å². The van der Waals surface area contributed by atoms with Gasteiger partial charge in [0.15, 0.2) is 0 Å². The van der Waals surface area contributed by atoms with Crippen molar-refractivity contribution in [1.29, 1.82) is 0 Å². The molecule has 0 atom stereocenters. The Morgan fingerprint density at radius 2 is 2.05 bits per heavy atom. The van der Waals surface area contributed by atoms with E-state index in [0.717, 1.165) is 23.5 Å². The lowest BCUT2D eigenvalue weighted by molar-refractivity contribution is 0.0703. The fourth-order valence-electron chi connectivity index (χ4n) is 1.44. The number of anilines is 1. The highest BCUT2D eigenvalue weighted by Gasteiger charge is 2.16. The van der Waals surface area contributed by atoms with Gasteiger partial charge in [0.05, 0.1) is 16.3 Å². The van der Waals surface area contributed by atoms with Gasteiger partial charge in [0.25, 0.3) is 5.91 Å². The summed E-state index contributed by atoms with van der Waals surface area (Å²) in [7, 11) is 0. The van der Waals surface area contributed by atoms with Gasteiger partial charge in [-0.1, -0.05) is 11.6 Å². The number of nitrogens with one attached hydrogen (secondary N) is 1. The fraction of sp³-hybridized carbons (Fsp3) is 0. The van der Waals surface area contributed by atoms with Crippen molar-refractivity contribution in [3.05, 3.63) is 50.9 Å². The number of carbonyl (C=O) groups is 2. The van der Waals surface area contributed by atoms with Crippen LogP contribution in [0.5, 0.6) is 0 Å². The second kappa shape index (κ2) is 5.38. The zero-order valence-corrected chi connectivity index (χ0v) is 10.9. The third-order valence-electron chi connectivity index (χ3n) is 2.28. The number of carbonyl (C=O) groups excluding carboxylic acids is 1. The van der Waals surface area contributed by atoms with Gasteiger partial charge in [-0.25, -0.2) is 9.18 Å². The van der Waals surface area contributed by atoms with Gasteiger partial charge in [0.1, 0.15) is 10.7 Å². The van der Waals surface area contributed by atoms with E-state index in [9.17, 15) is 14.0 Å². The molecule has 0 saturated carbocycles. The second-order valence-corrected chi connectivity index (χ2v) is 4.87. The van der Waals surface area contributed by atoms with Crippen LogP contribution < -0.4 is 5.32 Å². The van der Waals surface area contributed by atoms with E-state index >= 15 is 0 Å². The maximum Gasteiger partial charge on any atom is 0.348 e. The highest BCUT2D eigenvalue weighted by molar-refractivity contribution is 7.12. The molecule has 19 heavy (non-hydrogen) atoms. The van der Waals surface area contributed by atoms with Crippen molar-refractivity contribution >= 4 is 40.5 Å². The molecule has 1 amide bonds. The van der Waals surface area contributed by atoms with Crippen LogP contribution in [0.2, 0.25) is 5.02 Å². The van der Waals surface area contributed by atoms with Crippen LogP contribution in [-0.2, 0) is 0 Å². The zero-order valence-electron chi connectivity index (χ0n) is 9.31. The summed E-state index contributed by atoms with van der Waals surface area (Å²) in [6.45, 7) is 0. The minimum Gasteiger partial charge on any atom is -0.477 e. The molecule has 0 bridgehead atoms. The molecule has 7 heteroatoms. The normalized spacial score (nSPS) is 10.2. The van der Waals surface area contributed by atoms with Gasteiger partial charge in [0.2, 0.25) is 0 Å². The number of hydrogen-bond acceptors (Lipinski definition) is 3. The Balaban J connectivity index is 2.26. The fourth-order valence-corrected chi connectivity index (χ4v) is 2.38. The molecule has 2 N–H and O–H groups in total. The van der Waals surface area contributed by atoms with Crippen LogP contribution in [0, 0.1) is 5.82 Å². The van der Waals surface area contributed by atoms with Crippen LogP contribution in [-0.4, -0.2) is 17.0 Å². The molecule has 0 radical (unpaired) electrons. The average molecular weight is 300 g/mol. The number of aromatic carboxylic acids is 1. The molecule has 0 unspecified atom stereocenters. The first-order chi connectivity index (χ1) is 8.99. The molecule has 2 rings (SSSR count). The van der Waals surface area contributed by atoms with Gasteiger partial charge in [-0.3, -0.25) is 4.79 Å². The molecule has 4 nitrogen and oxygen atoms in total. The lowest BCUT2D eigenvalue weighted by atomic mass is 10.2. The molecule has 0 spiro atoms. The first kappa shape index (κ1) is 13.5. The van der Waals surface area contributed by atoms with Crippen molar-refractivity contribution in [1.82, 2.24) is 0 Å². The number of carboxylic acid groups (broad SMARTS) is 1. The first-order valence-corrected chi connectivity index (χ1v) is 6.32. The summed E-state index contributed by atoms with van der Waals surface area (Å²) in [5, 5.41) is 12.9. The zero-order chi connectivity index (χ0) is 14.0. The van der Waals surface area contributed by atoms with E-state index in [-0.39, 0.29) is 21.2 Å². The van der Waals surface area contributed by atoms with Crippen LogP contribution >= 0.6 is 22.9 Å². The van der Waals surface area contributed by atoms with Crippen molar-refractivity contribution in [2.75, 3.05) is 5.32 Å². The van der Waals surface area contributed by atoms with Gasteiger partial charge in [0, 0.05) is 0 Å². The number of halogens is 2. The minimum absolute atomic E-state index is 0.0200. The highest BCUT2D eigenvalue weighted by atomic mass is 35.5. The molecule has 0 aliphatic carbocycles. The first-order valence-electron chi connectivity index (χ1n) is 5.06. The van der Waals surface area contributed by atoms with E-state index < -0.39 is 17.7 Å². The van der Waals surface area contributed by atoms with Gasteiger partial charge in [-0.2, -0.15) is 0 Å².